The first-order valence-electron chi connectivity index (χ1n) is 11.1. The van der Waals surface area contributed by atoms with Crippen molar-refractivity contribution >= 4 is 11.9 Å². The summed E-state index contributed by atoms with van der Waals surface area (Å²) in [6.07, 6.45) is 6.93. The molecule has 0 aromatic heterocycles. The Bertz CT molecular complexity index is 1010. The highest BCUT2D eigenvalue weighted by Gasteiger charge is 2.35. The highest BCUT2D eigenvalue weighted by Crippen LogP contribution is 2.44. The molecule has 0 atom stereocenters. The molecular formula is C26H29NO3. The maximum Gasteiger partial charge on any atom is 0.231 e. The normalized spacial score (nSPS) is 20.4. The Morgan fingerprint density at radius 1 is 1.10 bits per heavy atom. The van der Waals surface area contributed by atoms with Gasteiger partial charge < -0.3 is 9.47 Å². The van der Waals surface area contributed by atoms with Crippen LogP contribution in [-0.2, 0) is 6.54 Å². The van der Waals surface area contributed by atoms with Crippen LogP contribution >= 0.6 is 0 Å². The van der Waals surface area contributed by atoms with E-state index in [2.05, 4.69) is 30.9 Å². The molecule has 30 heavy (non-hydrogen) atoms. The fourth-order valence-electron chi connectivity index (χ4n) is 4.90. The quantitative estimate of drug-likeness (QED) is 0.605. The Balaban J connectivity index is 1.43. The second-order valence-electron chi connectivity index (χ2n) is 9.09. The Hall–Kier alpha value is -2.59. The van der Waals surface area contributed by atoms with E-state index in [9.17, 15) is 4.79 Å². The molecular weight excluding hydrogens is 374 g/mol. The average molecular weight is 404 g/mol. The number of Topliss-reactive ketones (excluding diaryl/α,β-unsaturated/α-hetero) is 1. The fraction of sp³-hybridized carbons (Fsp3) is 0.423. The third kappa shape index (κ3) is 3.33. The summed E-state index contributed by atoms with van der Waals surface area (Å²) in [7, 11) is 0. The number of ketones is 1. The van der Waals surface area contributed by atoms with E-state index < -0.39 is 0 Å². The molecule has 0 spiro atoms. The maximum absolute atomic E-state index is 13.1. The molecule has 2 heterocycles. The molecule has 0 saturated heterocycles. The van der Waals surface area contributed by atoms with Crippen molar-refractivity contribution < 1.29 is 14.3 Å². The molecule has 0 amide bonds. The Labute approximate surface area is 178 Å². The first-order valence-corrected chi connectivity index (χ1v) is 11.1. The number of ether oxygens (including phenoxy) is 2. The lowest BCUT2D eigenvalue weighted by Crippen LogP contribution is -2.39. The van der Waals surface area contributed by atoms with E-state index >= 15 is 0 Å². The summed E-state index contributed by atoms with van der Waals surface area (Å²) in [5, 5.41) is 0. The Kier molecular flexibility index (Phi) is 4.90. The summed E-state index contributed by atoms with van der Waals surface area (Å²) in [5.41, 5.74) is 4.95. The van der Waals surface area contributed by atoms with Crippen LogP contribution in [0.15, 0.2) is 36.1 Å². The summed E-state index contributed by atoms with van der Waals surface area (Å²) in [5.74, 6) is 2.37. The van der Waals surface area contributed by atoms with Crippen LogP contribution in [0.25, 0.3) is 6.08 Å². The van der Waals surface area contributed by atoms with E-state index in [1.54, 1.807) is 0 Å². The van der Waals surface area contributed by atoms with Gasteiger partial charge in [0.25, 0.3) is 0 Å². The van der Waals surface area contributed by atoms with Gasteiger partial charge in [0.05, 0.1) is 5.56 Å². The average Bonchev–Trinajstić information content (AvgIpc) is 3.38. The van der Waals surface area contributed by atoms with Crippen molar-refractivity contribution in [2.45, 2.75) is 65.0 Å². The Morgan fingerprint density at radius 3 is 2.53 bits per heavy atom. The van der Waals surface area contributed by atoms with Crippen molar-refractivity contribution in [1.29, 1.82) is 0 Å². The minimum Gasteiger partial charge on any atom is -0.477 e. The molecule has 1 aliphatic carbocycles. The molecule has 3 aliphatic rings. The van der Waals surface area contributed by atoms with E-state index in [1.165, 1.54) is 31.2 Å². The van der Waals surface area contributed by atoms with Crippen molar-refractivity contribution in [3.63, 3.8) is 0 Å². The first kappa shape index (κ1) is 19.4. The van der Waals surface area contributed by atoms with Crippen molar-refractivity contribution in [3.05, 3.63) is 63.9 Å². The predicted molar refractivity (Wildman–Crippen MR) is 118 cm³/mol. The van der Waals surface area contributed by atoms with Gasteiger partial charge in [-0.25, -0.2) is 0 Å². The van der Waals surface area contributed by atoms with Crippen LogP contribution < -0.4 is 9.47 Å². The molecule has 2 aromatic rings. The number of benzene rings is 2. The molecule has 0 N–H and O–H groups in total. The summed E-state index contributed by atoms with van der Waals surface area (Å²) >= 11 is 0. The third-order valence-electron chi connectivity index (χ3n) is 6.71. The zero-order chi connectivity index (χ0) is 20.8. The lowest BCUT2D eigenvalue weighted by atomic mass is 9.99. The van der Waals surface area contributed by atoms with E-state index in [1.807, 2.05) is 31.2 Å². The van der Waals surface area contributed by atoms with Crippen LogP contribution in [0.4, 0.5) is 0 Å². The van der Waals surface area contributed by atoms with Crippen LogP contribution in [0, 0.1) is 6.92 Å². The van der Waals surface area contributed by atoms with Gasteiger partial charge in [-0.1, -0.05) is 51.0 Å². The molecule has 4 heteroatoms. The van der Waals surface area contributed by atoms with Crippen LogP contribution in [-0.4, -0.2) is 23.5 Å². The number of hydrogen-bond acceptors (Lipinski definition) is 4. The second kappa shape index (κ2) is 7.59. The van der Waals surface area contributed by atoms with E-state index in [-0.39, 0.29) is 5.78 Å². The van der Waals surface area contributed by atoms with Gasteiger partial charge in [-0.15, -0.1) is 0 Å². The number of allylic oxidation sites excluding steroid dienone is 1. The lowest BCUT2D eigenvalue weighted by molar-refractivity contribution is 0.0570. The molecule has 2 aromatic carbocycles. The minimum absolute atomic E-state index is 0.0400. The molecule has 4 nitrogen and oxygen atoms in total. The number of hydrogen-bond donors (Lipinski definition) is 0. The number of rotatable bonds is 3. The second-order valence-corrected chi connectivity index (χ2v) is 9.09. The monoisotopic (exact) mass is 403 g/mol. The van der Waals surface area contributed by atoms with Gasteiger partial charge in [-0.05, 0) is 49.0 Å². The zero-order valence-electron chi connectivity index (χ0n) is 18.0. The van der Waals surface area contributed by atoms with Gasteiger partial charge in [-0.2, -0.15) is 0 Å². The first-order chi connectivity index (χ1) is 14.5. The highest BCUT2D eigenvalue weighted by molar-refractivity contribution is 6.15. The molecule has 0 radical (unpaired) electrons. The van der Waals surface area contributed by atoms with Gasteiger partial charge in [0, 0.05) is 23.7 Å². The van der Waals surface area contributed by atoms with Crippen molar-refractivity contribution in [3.8, 4) is 11.5 Å². The molecule has 0 bridgehead atoms. The molecule has 5 rings (SSSR count). The van der Waals surface area contributed by atoms with Gasteiger partial charge in [0.1, 0.15) is 18.2 Å². The summed E-state index contributed by atoms with van der Waals surface area (Å²) < 4.78 is 12.2. The van der Waals surface area contributed by atoms with Crippen LogP contribution in [0.5, 0.6) is 11.5 Å². The van der Waals surface area contributed by atoms with Crippen molar-refractivity contribution in [2.75, 3.05) is 6.73 Å². The van der Waals surface area contributed by atoms with Crippen LogP contribution in [0.2, 0.25) is 0 Å². The number of fused-ring (bicyclic) bond motifs is 2. The molecule has 1 saturated carbocycles. The third-order valence-corrected chi connectivity index (χ3v) is 6.71. The Morgan fingerprint density at radius 2 is 1.83 bits per heavy atom. The van der Waals surface area contributed by atoms with E-state index in [0.717, 1.165) is 29.0 Å². The SMILES string of the molecule is Cc1c2c(cc3c1O/C(=C\c1ccc(C(C)C)cc1)C3=O)CN(C1CCCC1)CO2. The van der Waals surface area contributed by atoms with Crippen LogP contribution in [0.3, 0.4) is 0 Å². The summed E-state index contributed by atoms with van der Waals surface area (Å²) in [6, 6.07) is 10.9. The standard InChI is InChI=1S/C26H29NO3/c1-16(2)19-10-8-18(9-11-19)12-23-24(28)22-13-20-14-27(21-6-4-5-7-21)15-29-25(20)17(3)26(22)30-23/h8-13,16,21H,4-7,14-15H2,1-3H3/b23-12-. The van der Waals surface area contributed by atoms with E-state index in [0.29, 0.717) is 35.8 Å². The fourth-order valence-corrected chi connectivity index (χ4v) is 4.90. The number of carbonyl (C=O) groups excluding carboxylic acids is 1. The highest BCUT2D eigenvalue weighted by atomic mass is 16.5. The summed E-state index contributed by atoms with van der Waals surface area (Å²) in [6.45, 7) is 7.81. The molecule has 0 unspecified atom stereocenters. The topological polar surface area (TPSA) is 38.8 Å². The maximum atomic E-state index is 13.1. The molecule has 156 valence electrons. The van der Waals surface area contributed by atoms with Crippen molar-refractivity contribution in [1.82, 2.24) is 4.90 Å². The van der Waals surface area contributed by atoms with Crippen molar-refractivity contribution in [2.24, 2.45) is 0 Å². The van der Waals surface area contributed by atoms with Crippen LogP contribution in [0.1, 0.15) is 78.1 Å². The molecule has 2 aliphatic heterocycles. The van der Waals surface area contributed by atoms with Gasteiger partial charge in [-0.3, -0.25) is 9.69 Å². The summed E-state index contributed by atoms with van der Waals surface area (Å²) in [4.78, 5) is 15.5. The number of nitrogens with zero attached hydrogens (tertiary/aromatic N) is 1. The van der Waals surface area contributed by atoms with Gasteiger partial charge in [0.2, 0.25) is 5.78 Å². The van der Waals surface area contributed by atoms with Gasteiger partial charge in [0.15, 0.2) is 5.76 Å². The predicted octanol–water partition coefficient (Wildman–Crippen LogP) is 5.83. The lowest BCUT2D eigenvalue weighted by Gasteiger charge is -2.34. The minimum atomic E-state index is -0.0400. The smallest absolute Gasteiger partial charge is 0.231 e. The van der Waals surface area contributed by atoms with Gasteiger partial charge >= 0.3 is 0 Å². The largest absolute Gasteiger partial charge is 0.477 e. The van der Waals surface area contributed by atoms with E-state index in [4.69, 9.17) is 9.47 Å². The molecule has 1 fully saturated rings. The number of carbonyl (C=O) groups is 1. The zero-order valence-corrected chi connectivity index (χ0v) is 18.0.